The van der Waals surface area contributed by atoms with Crippen LogP contribution in [0.3, 0.4) is 0 Å². The molecule has 2 fully saturated rings. The second-order valence-electron chi connectivity index (χ2n) is 6.52. The zero-order chi connectivity index (χ0) is 12.8. The van der Waals surface area contributed by atoms with Crippen molar-refractivity contribution < 1.29 is 0 Å². The highest BCUT2D eigenvalue weighted by molar-refractivity contribution is 5.34. The van der Waals surface area contributed by atoms with Crippen LogP contribution >= 0.6 is 0 Å². The molecule has 1 saturated carbocycles. The average Bonchev–Trinajstić information content (AvgIpc) is 3.12. The van der Waals surface area contributed by atoms with Crippen molar-refractivity contribution in [2.75, 3.05) is 6.54 Å². The van der Waals surface area contributed by atoms with E-state index < -0.39 is 0 Å². The van der Waals surface area contributed by atoms with Crippen LogP contribution in [0.4, 0.5) is 0 Å². The number of nitrogens with two attached hydrogens (primary N) is 1. The molecule has 2 aliphatic rings. The van der Waals surface area contributed by atoms with Gasteiger partial charge in [-0.2, -0.15) is 0 Å². The van der Waals surface area contributed by atoms with Gasteiger partial charge in [0.25, 0.3) is 0 Å². The van der Waals surface area contributed by atoms with E-state index in [9.17, 15) is 0 Å². The first-order valence-corrected chi connectivity index (χ1v) is 7.18. The fourth-order valence-electron chi connectivity index (χ4n) is 2.96. The summed E-state index contributed by atoms with van der Waals surface area (Å²) in [6, 6.07) is 10.1. The monoisotopic (exact) mass is 244 g/mol. The quantitative estimate of drug-likeness (QED) is 0.839. The molecule has 2 nitrogen and oxygen atoms in total. The Morgan fingerprint density at radius 3 is 2.44 bits per heavy atom. The van der Waals surface area contributed by atoms with Gasteiger partial charge in [-0.3, -0.25) is 0 Å². The van der Waals surface area contributed by atoms with E-state index in [4.69, 9.17) is 5.73 Å². The maximum Gasteiger partial charge on any atom is 0.0324 e. The third-order valence-electron chi connectivity index (χ3n) is 4.95. The fourth-order valence-corrected chi connectivity index (χ4v) is 2.96. The van der Waals surface area contributed by atoms with Gasteiger partial charge in [0, 0.05) is 18.6 Å². The number of benzene rings is 1. The zero-order valence-corrected chi connectivity index (χ0v) is 11.4. The van der Waals surface area contributed by atoms with Crippen molar-refractivity contribution in [1.29, 1.82) is 0 Å². The van der Waals surface area contributed by atoms with Crippen LogP contribution in [-0.4, -0.2) is 12.6 Å². The molecule has 0 spiro atoms. The van der Waals surface area contributed by atoms with Crippen LogP contribution in [0, 0.1) is 5.92 Å². The SMILES string of the molecule is CC1CC(c2ccc(C3(C)CC3)cc2)NCC1N. The summed E-state index contributed by atoms with van der Waals surface area (Å²) in [6.07, 6.45) is 3.84. The highest BCUT2D eigenvalue weighted by atomic mass is 15.0. The molecule has 0 radical (unpaired) electrons. The molecule has 1 saturated heterocycles. The summed E-state index contributed by atoms with van der Waals surface area (Å²) in [5.41, 5.74) is 9.45. The molecule has 0 amide bonds. The molecule has 1 aliphatic carbocycles. The molecule has 1 aromatic carbocycles. The van der Waals surface area contributed by atoms with E-state index >= 15 is 0 Å². The van der Waals surface area contributed by atoms with Crippen LogP contribution in [0.2, 0.25) is 0 Å². The van der Waals surface area contributed by atoms with E-state index in [-0.39, 0.29) is 0 Å². The van der Waals surface area contributed by atoms with Gasteiger partial charge < -0.3 is 11.1 Å². The number of rotatable bonds is 2. The summed E-state index contributed by atoms with van der Waals surface area (Å²) < 4.78 is 0. The van der Waals surface area contributed by atoms with Crippen molar-refractivity contribution in [2.24, 2.45) is 11.7 Å². The molecule has 0 bridgehead atoms. The molecule has 98 valence electrons. The molecule has 3 unspecified atom stereocenters. The molecular weight excluding hydrogens is 220 g/mol. The summed E-state index contributed by atoms with van der Waals surface area (Å²) in [5.74, 6) is 0.608. The maximum absolute atomic E-state index is 6.05. The first-order valence-electron chi connectivity index (χ1n) is 7.18. The lowest BCUT2D eigenvalue weighted by atomic mass is 9.86. The summed E-state index contributed by atoms with van der Waals surface area (Å²) >= 11 is 0. The van der Waals surface area contributed by atoms with Crippen LogP contribution < -0.4 is 11.1 Å². The summed E-state index contributed by atoms with van der Waals surface area (Å²) in [4.78, 5) is 0. The first kappa shape index (κ1) is 12.2. The van der Waals surface area contributed by atoms with Crippen molar-refractivity contribution in [3.05, 3.63) is 35.4 Å². The molecule has 0 aromatic heterocycles. The Kier molecular flexibility index (Phi) is 2.95. The molecule has 3 N–H and O–H groups in total. The van der Waals surface area contributed by atoms with E-state index in [0.717, 1.165) is 13.0 Å². The lowest BCUT2D eigenvalue weighted by Gasteiger charge is -2.33. The summed E-state index contributed by atoms with van der Waals surface area (Å²) in [6.45, 7) is 5.56. The summed E-state index contributed by atoms with van der Waals surface area (Å²) in [5, 5.41) is 3.56. The second-order valence-corrected chi connectivity index (χ2v) is 6.52. The van der Waals surface area contributed by atoms with Crippen LogP contribution in [0.5, 0.6) is 0 Å². The third-order valence-corrected chi connectivity index (χ3v) is 4.95. The van der Waals surface area contributed by atoms with Crippen molar-refractivity contribution in [1.82, 2.24) is 5.32 Å². The van der Waals surface area contributed by atoms with E-state index in [1.165, 1.54) is 24.0 Å². The Morgan fingerprint density at radius 2 is 1.89 bits per heavy atom. The third kappa shape index (κ3) is 2.19. The number of nitrogens with one attached hydrogen (secondary N) is 1. The standard InChI is InChI=1S/C16H24N2/c1-11-9-15(18-10-14(11)17)12-3-5-13(6-4-12)16(2)7-8-16/h3-6,11,14-15,18H,7-10,17H2,1-2H3. The van der Waals surface area contributed by atoms with Crippen LogP contribution in [0.15, 0.2) is 24.3 Å². The normalized spacial score (nSPS) is 34.3. The minimum absolute atomic E-state index is 0.311. The van der Waals surface area contributed by atoms with E-state index in [1.807, 2.05) is 0 Å². The van der Waals surface area contributed by atoms with Gasteiger partial charge in [-0.15, -0.1) is 0 Å². The minimum Gasteiger partial charge on any atom is -0.326 e. The van der Waals surface area contributed by atoms with Crippen molar-refractivity contribution in [3.63, 3.8) is 0 Å². The highest BCUT2D eigenvalue weighted by Crippen LogP contribution is 2.47. The van der Waals surface area contributed by atoms with E-state index in [1.54, 1.807) is 0 Å². The minimum atomic E-state index is 0.311. The molecule has 1 aliphatic heterocycles. The second kappa shape index (κ2) is 4.36. The molecule has 1 heterocycles. The lowest BCUT2D eigenvalue weighted by molar-refractivity contribution is 0.286. The summed E-state index contributed by atoms with van der Waals surface area (Å²) in [7, 11) is 0. The van der Waals surface area contributed by atoms with Crippen LogP contribution in [0.1, 0.15) is 50.3 Å². The molecular formula is C16H24N2. The Morgan fingerprint density at radius 1 is 1.22 bits per heavy atom. The van der Waals surface area contributed by atoms with Crippen molar-refractivity contribution >= 4 is 0 Å². The van der Waals surface area contributed by atoms with Crippen molar-refractivity contribution in [3.8, 4) is 0 Å². The Bertz CT molecular complexity index is 419. The topological polar surface area (TPSA) is 38.0 Å². The van der Waals surface area contributed by atoms with Crippen molar-refractivity contribution in [2.45, 2.75) is 50.6 Å². The van der Waals surface area contributed by atoms with Gasteiger partial charge in [0.15, 0.2) is 0 Å². The molecule has 1 aromatic rings. The van der Waals surface area contributed by atoms with Gasteiger partial charge in [-0.1, -0.05) is 38.1 Å². The van der Waals surface area contributed by atoms with Gasteiger partial charge in [0.05, 0.1) is 0 Å². The van der Waals surface area contributed by atoms with Gasteiger partial charge in [-0.25, -0.2) is 0 Å². The van der Waals surface area contributed by atoms with Gasteiger partial charge >= 0.3 is 0 Å². The molecule has 3 rings (SSSR count). The van der Waals surface area contributed by atoms with E-state index in [2.05, 4.69) is 43.4 Å². The van der Waals surface area contributed by atoms with E-state index in [0.29, 0.717) is 23.4 Å². The molecule has 2 heteroatoms. The Labute approximate surface area is 110 Å². The predicted molar refractivity (Wildman–Crippen MR) is 75.5 cm³/mol. The van der Waals surface area contributed by atoms with Gasteiger partial charge in [0.1, 0.15) is 0 Å². The highest BCUT2D eigenvalue weighted by Gasteiger charge is 2.38. The number of hydrogen-bond acceptors (Lipinski definition) is 2. The van der Waals surface area contributed by atoms with Gasteiger partial charge in [-0.05, 0) is 41.7 Å². The number of hydrogen-bond donors (Lipinski definition) is 2. The largest absolute Gasteiger partial charge is 0.326 e. The zero-order valence-electron chi connectivity index (χ0n) is 11.4. The maximum atomic E-state index is 6.05. The Balaban J connectivity index is 1.73. The fraction of sp³-hybridized carbons (Fsp3) is 0.625. The van der Waals surface area contributed by atoms with Gasteiger partial charge in [0.2, 0.25) is 0 Å². The average molecular weight is 244 g/mol. The molecule has 3 atom stereocenters. The van der Waals surface area contributed by atoms with Crippen LogP contribution in [0.25, 0.3) is 0 Å². The lowest BCUT2D eigenvalue weighted by Crippen LogP contribution is -2.46. The number of piperidine rings is 1. The first-order chi connectivity index (χ1) is 8.58. The predicted octanol–water partition coefficient (Wildman–Crippen LogP) is 2.74. The molecule has 18 heavy (non-hydrogen) atoms. The van der Waals surface area contributed by atoms with Crippen LogP contribution in [-0.2, 0) is 5.41 Å². The Hall–Kier alpha value is -0.860. The smallest absolute Gasteiger partial charge is 0.0324 e.